The quantitative estimate of drug-likeness (QED) is 0.621. The van der Waals surface area contributed by atoms with Gasteiger partial charge >= 0.3 is 17.9 Å². The van der Waals surface area contributed by atoms with Crippen LogP contribution >= 0.6 is 0 Å². The molecule has 0 N–H and O–H groups in total. The molecule has 3 rings (SSSR count). The number of non-ortho nitro benzene ring substituents is 1. The van der Waals surface area contributed by atoms with Crippen LogP contribution in [0.25, 0.3) is 11.0 Å². The fourth-order valence-electron chi connectivity index (χ4n) is 2.48. The number of halogens is 3. The highest BCUT2D eigenvalue weighted by Gasteiger charge is 2.35. The normalized spacial score (nSPS) is 15.3. The highest BCUT2D eigenvalue weighted by Crippen LogP contribution is 2.36. The monoisotopic (exact) mass is 329 g/mol. The van der Waals surface area contributed by atoms with E-state index in [2.05, 4.69) is 4.98 Å². The minimum Gasteiger partial charge on any atom is -0.417 e. The molecule has 0 spiro atoms. The molecule has 0 radical (unpaired) electrons. The van der Waals surface area contributed by atoms with Gasteiger partial charge in [0, 0.05) is 19.2 Å². The number of hydrogen-bond donors (Lipinski definition) is 0. The average molecular weight is 329 g/mol. The van der Waals surface area contributed by atoms with Crippen LogP contribution in [-0.2, 0) is 6.18 Å². The van der Waals surface area contributed by atoms with Gasteiger partial charge in [0.2, 0.25) is 5.58 Å². The molecule has 1 aromatic heterocycles. The number of anilines is 1. The Kier molecular flexibility index (Phi) is 3.46. The molecule has 10 heteroatoms. The lowest BCUT2D eigenvalue weighted by Crippen LogP contribution is -2.22. The van der Waals surface area contributed by atoms with Gasteiger partial charge in [-0.2, -0.15) is 18.2 Å². The molecule has 1 aliphatic rings. The fourth-order valence-corrected chi connectivity index (χ4v) is 2.48. The van der Waals surface area contributed by atoms with Crippen molar-refractivity contribution < 1.29 is 22.5 Å². The Balaban J connectivity index is 2.29. The maximum Gasteiger partial charge on any atom is 0.416 e. The van der Waals surface area contributed by atoms with Gasteiger partial charge in [0.1, 0.15) is 0 Å². The Morgan fingerprint density at radius 3 is 2.48 bits per heavy atom. The second-order valence-electron chi connectivity index (χ2n) is 5.12. The highest BCUT2D eigenvalue weighted by molar-refractivity contribution is 5.86. The van der Waals surface area contributed by atoms with Gasteiger partial charge in [0.15, 0.2) is 0 Å². The van der Waals surface area contributed by atoms with E-state index in [-0.39, 0.29) is 6.01 Å². The first-order valence-electron chi connectivity index (χ1n) is 6.73. The summed E-state index contributed by atoms with van der Waals surface area (Å²) in [7, 11) is 0. The van der Waals surface area contributed by atoms with Crippen molar-refractivity contribution in [3.05, 3.63) is 38.2 Å². The maximum absolute atomic E-state index is 12.8. The summed E-state index contributed by atoms with van der Waals surface area (Å²) < 4.78 is 43.8. The smallest absolute Gasteiger partial charge is 0.416 e. The van der Waals surface area contributed by atoms with E-state index in [0.29, 0.717) is 25.2 Å². The summed E-state index contributed by atoms with van der Waals surface area (Å²) in [6, 6.07) is 0.774. The maximum atomic E-state index is 12.8. The lowest BCUT2D eigenvalue weighted by molar-refractivity contribution is -0.383. The topological polar surface area (TPSA) is 89.5 Å². The van der Waals surface area contributed by atoms with E-state index in [1.54, 1.807) is 4.90 Å². The minimum absolute atomic E-state index is 0.108. The molecular formula is C13H10F3N3O4. The van der Waals surface area contributed by atoms with E-state index in [0.717, 1.165) is 12.8 Å². The zero-order chi connectivity index (χ0) is 16.8. The standard InChI is InChI=1S/C13H10F3N3O4/c14-13(15,16)7-5-8-10(9(6-7)19(21)22)23-12(17-11(8)20)18-3-1-2-4-18/h5-6H,1-4H2. The van der Waals surface area contributed by atoms with Crippen LogP contribution in [0.5, 0.6) is 0 Å². The molecular weight excluding hydrogens is 319 g/mol. The van der Waals surface area contributed by atoms with Crippen molar-refractivity contribution in [2.45, 2.75) is 19.0 Å². The number of rotatable bonds is 2. The zero-order valence-electron chi connectivity index (χ0n) is 11.6. The zero-order valence-corrected chi connectivity index (χ0v) is 11.6. The molecule has 0 saturated carbocycles. The van der Waals surface area contributed by atoms with E-state index < -0.39 is 38.9 Å². The van der Waals surface area contributed by atoms with Crippen LogP contribution in [0, 0.1) is 10.1 Å². The summed E-state index contributed by atoms with van der Waals surface area (Å²) in [6.07, 6.45) is -3.13. The molecule has 2 heterocycles. The van der Waals surface area contributed by atoms with Crippen molar-refractivity contribution in [3.8, 4) is 0 Å². The van der Waals surface area contributed by atoms with Gasteiger partial charge in [-0.1, -0.05) is 0 Å². The van der Waals surface area contributed by atoms with Crippen molar-refractivity contribution >= 4 is 22.7 Å². The molecule has 122 valence electrons. The Hall–Kier alpha value is -2.65. The average Bonchev–Trinajstić information content (AvgIpc) is 2.99. The molecule has 2 aromatic rings. The Morgan fingerprint density at radius 2 is 1.91 bits per heavy atom. The number of alkyl halides is 3. The van der Waals surface area contributed by atoms with Gasteiger partial charge in [0.05, 0.1) is 15.9 Å². The molecule has 0 atom stereocenters. The molecule has 23 heavy (non-hydrogen) atoms. The Bertz CT molecular complexity index is 841. The van der Waals surface area contributed by atoms with E-state index >= 15 is 0 Å². The van der Waals surface area contributed by atoms with E-state index in [1.165, 1.54) is 0 Å². The number of hydrogen-bond acceptors (Lipinski definition) is 6. The van der Waals surface area contributed by atoms with Gasteiger partial charge in [-0.25, -0.2) is 0 Å². The van der Waals surface area contributed by atoms with Gasteiger partial charge in [0.25, 0.3) is 5.56 Å². The summed E-state index contributed by atoms with van der Waals surface area (Å²) in [6.45, 7) is 1.13. The van der Waals surface area contributed by atoms with Crippen LogP contribution in [0.3, 0.4) is 0 Å². The second kappa shape index (κ2) is 5.21. The van der Waals surface area contributed by atoms with Crippen molar-refractivity contribution in [1.82, 2.24) is 4.98 Å². The minimum atomic E-state index is -4.82. The second-order valence-corrected chi connectivity index (χ2v) is 5.12. The SMILES string of the molecule is O=c1nc(N2CCCC2)oc2c([N+](=O)[O-])cc(C(F)(F)F)cc12. The number of nitro benzene ring substituents is 1. The molecule has 1 aliphatic heterocycles. The number of fused-ring (bicyclic) bond motifs is 1. The van der Waals surface area contributed by atoms with Crippen LogP contribution in [0.1, 0.15) is 18.4 Å². The van der Waals surface area contributed by atoms with E-state index in [9.17, 15) is 28.1 Å². The van der Waals surface area contributed by atoms with Crippen LogP contribution in [-0.4, -0.2) is 23.0 Å². The Morgan fingerprint density at radius 1 is 1.26 bits per heavy atom. The van der Waals surface area contributed by atoms with E-state index in [1.807, 2.05) is 0 Å². The largest absolute Gasteiger partial charge is 0.417 e. The third-order valence-electron chi connectivity index (χ3n) is 3.59. The molecule has 0 aliphatic carbocycles. The van der Waals surface area contributed by atoms with Crippen molar-refractivity contribution in [3.63, 3.8) is 0 Å². The first-order valence-corrected chi connectivity index (χ1v) is 6.73. The van der Waals surface area contributed by atoms with Crippen molar-refractivity contribution in [2.24, 2.45) is 0 Å². The molecule has 1 fully saturated rings. The van der Waals surface area contributed by atoms with Gasteiger partial charge < -0.3 is 9.32 Å². The Labute approximate surface area is 126 Å². The summed E-state index contributed by atoms with van der Waals surface area (Å²) >= 11 is 0. The van der Waals surface area contributed by atoms with Crippen LogP contribution in [0.2, 0.25) is 0 Å². The molecule has 0 amide bonds. The highest BCUT2D eigenvalue weighted by atomic mass is 19.4. The predicted molar refractivity (Wildman–Crippen MR) is 73.4 cm³/mol. The van der Waals surface area contributed by atoms with Crippen molar-refractivity contribution in [2.75, 3.05) is 18.0 Å². The predicted octanol–water partition coefficient (Wildman–Crippen LogP) is 2.72. The third kappa shape index (κ3) is 2.71. The van der Waals surface area contributed by atoms with Crippen LogP contribution in [0.4, 0.5) is 24.9 Å². The van der Waals surface area contributed by atoms with Gasteiger partial charge in [-0.3, -0.25) is 14.9 Å². The van der Waals surface area contributed by atoms with Crippen molar-refractivity contribution in [1.29, 1.82) is 0 Å². The molecule has 7 nitrogen and oxygen atoms in total. The summed E-state index contributed by atoms with van der Waals surface area (Å²) in [5, 5.41) is 10.5. The first kappa shape index (κ1) is 15.3. The van der Waals surface area contributed by atoms with E-state index in [4.69, 9.17) is 4.42 Å². The summed E-state index contributed by atoms with van der Waals surface area (Å²) in [5.74, 6) is 0. The molecule has 1 saturated heterocycles. The number of benzene rings is 1. The van der Waals surface area contributed by atoms with Gasteiger partial charge in [-0.15, -0.1) is 0 Å². The fraction of sp³-hybridized carbons (Fsp3) is 0.385. The lowest BCUT2D eigenvalue weighted by Gasteiger charge is -2.14. The van der Waals surface area contributed by atoms with Crippen LogP contribution < -0.4 is 10.5 Å². The summed E-state index contributed by atoms with van der Waals surface area (Å²) in [4.78, 5) is 27.3. The molecule has 1 aromatic carbocycles. The lowest BCUT2D eigenvalue weighted by atomic mass is 10.1. The number of nitro groups is 1. The number of aromatic nitrogens is 1. The first-order chi connectivity index (χ1) is 10.8. The third-order valence-corrected chi connectivity index (χ3v) is 3.59. The van der Waals surface area contributed by atoms with Crippen LogP contribution in [0.15, 0.2) is 21.3 Å². The molecule has 0 bridgehead atoms. The molecule has 0 unspecified atom stereocenters. The van der Waals surface area contributed by atoms with Gasteiger partial charge in [-0.05, 0) is 18.9 Å². The number of nitrogens with zero attached hydrogens (tertiary/aromatic N) is 3. The summed E-state index contributed by atoms with van der Waals surface area (Å²) in [5.41, 5.74) is -3.68.